The molecule has 0 amide bonds. The van der Waals surface area contributed by atoms with Crippen molar-refractivity contribution in [3.63, 3.8) is 0 Å². The number of hydrogen-bond acceptors (Lipinski definition) is 5. The largest absolute Gasteiger partial charge is 0.623 e. The molecular formula is C16H16ClN3O5S. The number of halogens is 1. The molecule has 0 spiro atoms. The van der Waals surface area contributed by atoms with E-state index in [0.29, 0.717) is 16.6 Å². The van der Waals surface area contributed by atoms with Crippen LogP contribution in [0.25, 0.3) is 0 Å². The van der Waals surface area contributed by atoms with E-state index in [1.54, 1.807) is 19.2 Å². The third kappa shape index (κ3) is 5.53. The van der Waals surface area contributed by atoms with Gasteiger partial charge in [0.25, 0.3) is 0 Å². The Morgan fingerprint density at radius 3 is 2.38 bits per heavy atom. The van der Waals surface area contributed by atoms with Crippen LogP contribution in [0.2, 0.25) is 5.02 Å². The third-order valence-corrected chi connectivity index (χ3v) is 3.58. The first kappa shape index (κ1) is 19.9. The van der Waals surface area contributed by atoms with E-state index in [1.807, 2.05) is 36.4 Å². The quantitative estimate of drug-likeness (QED) is 0.385. The fourth-order valence-electron chi connectivity index (χ4n) is 2.36. The number of nitrogens with zero attached hydrogens (tertiary/aromatic N) is 2. The molecule has 0 fully saturated rings. The molecule has 8 nitrogen and oxygen atoms in total. The first-order chi connectivity index (χ1) is 12.2. The van der Waals surface area contributed by atoms with Gasteiger partial charge in [-0.25, -0.2) is 4.99 Å². The molecule has 1 heterocycles. The van der Waals surface area contributed by atoms with Crippen LogP contribution in [-0.2, 0) is 10.4 Å². The van der Waals surface area contributed by atoms with Crippen molar-refractivity contribution in [3.8, 4) is 0 Å². The van der Waals surface area contributed by atoms with E-state index >= 15 is 0 Å². The van der Waals surface area contributed by atoms with Crippen molar-refractivity contribution in [2.75, 3.05) is 13.6 Å². The van der Waals surface area contributed by atoms with E-state index in [9.17, 15) is 5.21 Å². The van der Waals surface area contributed by atoms with Gasteiger partial charge < -0.3 is 10.5 Å². The lowest BCUT2D eigenvalue weighted by Gasteiger charge is -2.10. The minimum absolute atomic E-state index is 0.174. The molecule has 2 aromatic rings. The highest BCUT2D eigenvalue weighted by atomic mass is 35.5. The maximum Gasteiger partial charge on any atom is 0.394 e. The molecule has 0 unspecified atom stereocenters. The monoisotopic (exact) mass is 397 g/mol. The molecule has 26 heavy (non-hydrogen) atoms. The zero-order valence-corrected chi connectivity index (χ0v) is 15.2. The van der Waals surface area contributed by atoms with Crippen LogP contribution in [-0.4, -0.2) is 47.4 Å². The SMILES string of the molecule is CNC1=Nc2ccc(Cl)cc2C(c2ccccc2)=[N+]([O-])C1.O=S(=O)(O)O. The van der Waals surface area contributed by atoms with Crippen molar-refractivity contribution >= 4 is 39.2 Å². The lowest BCUT2D eigenvalue weighted by Crippen LogP contribution is -2.29. The highest BCUT2D eigenvalue weighted by Crippen LogP contribution is 2.27. The van der Waals surface area contributed by atoms with Gasteiger partial charge in [-0.15, -0.1) is 0 Å². The zero-order chi connectivity index (χ0) is 19.3. The third-order valence-electron chi connectivity index (χ3n) is 3.35. The number of amidine groups is 1. The van der Waals surface area contributed by atoms with Gasteiger partial charge in [0.1, 0.15) is 0 Å². The van der Waals surface area contributed by atoms with Gasteiger partial charge in [0, 0.05) is 17.6 Å². The average Bonchev–Trinajstić information content (AvgIpc) is 2.69. The minimum Gasteiger partial charge on any atom is -0.623 e. The Balaban J connectivity index is 0.000000431. The van der Waals surface area contributed by atoms with Gasteiger partial charge in [-0.3, -0.25) is 9.11 Å². The van der Waals surface area contributed by atoms with Crippen LogP contribution >= 0.6 is 11.6 Å². The standard InChI is InChI=1S/C16H14ClN3O.H2O4S/c1-18-15-10-20(21)16(11-5-3-2-4-6-11)13-9-12(17)7-8-14(13)19-15;1-5(2,3)4/h2-9H,10H2,1H3,(H,18,19);(H2,1,2,3,4). The van der Waals surface area contributed by atoms with Crippen molar-refractivity contribution in [1.82, 2.24) is 5.32 Å². The Morgan fingerprint density at radius 2 is 1.81 bits per heavy atom. The van der Waals surface area contributed by atoms with Crippen LogP contribution in [0.3, 0.4) is 0 Å². The summed E-state index contributed by atoms with van der Waals surface area (Å²) in [6, 6.07) is 15.0. The Labute approximate surface area is 155 Å². The number of fused-ring (bicyclic) bond motifs is 1. The van der Waals surface area contributed by atoms with Crippen molar-refractivity contribution in [2.45, 2.75) is 0 Å². The van der Waals surface area contributed by atoms with Crippen LogP contribution < -0.4 is 5.32 Å². The molecule has 0 atom stereocenters. The number of likely N-dealkylation sites (N-methyl/N-ethyl adjacent to an activating group) is 1. The molecule has 1 aliphatic rings. The van der Waals surface area contributed by atoms with Crippen LogP contribution in [0.4, 0.5) is 5.69 Å². The zero-order valence-electron chi connectivity index (χ0n) is 13.6. The van der Waals surface area contributed by atoms with E-state index in [-0.39, 0.29) is 6.54 Å². The molecule has 0 aromatic heterocycles. The molecule has 2 aromatic carbocycles. The summed E-state index contributed by atoms with van der Waals surface area (Å²) in [7, 11) is -2.91. The van der Waals surface area contributed by atoms with Crippen molar-refractivity contribution in [1.29, 1.82) is 0 Å². The van der Waals surface area contributed by atoms with Gasteiger partial charge in [0.15, 0.2) is 5.84 Å². The molecule has 0 radical (unpaired) electrons. The predicted molar refractivity (Wildman–Crippen MR) is 99.9 cm³/mol. The van der Waals surface area contributed by atoms with Gasteiger partial charge in [-0.1, -0.05) is 29.8 Å². The lowest BCUT2D eigenvalue weighted by molar-refractivity contribution is -0.439. The van der Waals surface area contributed by atoms with Crippen LogP contribution in [0, 0.1) is 5.21 Å². The number of hydroxylamine groups is 1. The summed E-state index contributed by atoms with van der Waals surface area (Å²) >= 11 is 6.10. The molecular weight excluding hydrogens is 382 g/mol. The van der Waals surface area contributed by atoms with Gasteiger partial charge in [-0.2, -0.15) is 13.2 Å². The molecule has 0 aliphatic carbocycles. The fourth-order valence-corrected chi connectivity index (χ4v) is 2.53. The van der Waals surface area contributed by atoms with Crippen molar-refractivity contribution in [2.24, 2.45) is 4.99 Å². The van der Waals surface area contributed by atoms with Gasteiger partial charge in [0.05, 0.1) is 11.3 Å². The molecule has 10 heteroatoms. The Bertz CT molecular complexity index is 951. The van der Waals surface area contributed by atoms with Crippen molar-refractivity contribution in [3.05, 3.63) is 69.9 Å². The maximum atomic E-state index is 12.6. The van der Waals surface area contributed by atoms with Crippen molar-refractivity contribution < 1.29 is 22.3 Å². The first-order valence-electron chi connectivity index (χ1n) is 7.31. The second-order valence-corrected chi connectivity index (χ2v) is 6.50. The Kier molecular flexibility index (Phi) is 6.32. The number of benzene rings is 2. The predicted octanol–water partition coefficient (Wildman–Crippen LogP) is 2.30. The molecule has 3 rings (SSSR count). The van der Waals surface area contributed by atoms with Crippen LogP contribution in [0.15, 0.2) is 53.5 Å². The van der Waals surface area contributed by atoms with E-state index in [4.69, 9.17) is 29.1 Å². The molecule has 3 N–H and O–H groups in total. The summed E-state index contributed by atoms with van der Waals surface area (Å²) in [6.45, 7) is 0.174. The average molecular weight is 398 g/mol. The maximum absolute atomic E-state index is 12.6. The number of hydrogen-bond donors (Lipinski definition) is 3. The Hall–Kier alpha value is -2.46. The summed E-state index contributed by atoms with van der Waals surface area (Å²) in [5.41, 5.74) is 2.92. The molecule has 0 saturated carbocycles. The topological polar surface area (TPSA) is 125 Å². The minimum atomic E-state index is -4.67. The molecule has 0 saturated heterocycles. The Morgan fingerprint density at radius 1 is 1.19 bits per heavy atom. The van der Waals surface area contributed by atoms with Gasteiger partial charge in [0.2, 0.25) is 12.3 Å². The van der Waals surface area contributed by atoms with E-state index in [1.165, 1.54) is 0 Å². The number of rotatable bonds is 1. The van der Waals surface area contributed by atoms with E-state index in [2.05, 4.69) is 10.3 Å². The summed E-state index contributed by atoms with van der Waals surface area (Å²) in [5, 5.41) is 16.1. The van der Waals surface area contributed by atoms with E-state index in [0.717, 1.165) is 21.6 Å². The van der Waals surface area contributed by atoms with Gasteiger partial charge >= 0.3 is 10.4 Å². The molecule has 1 aliphatic heterocycles. The number of nitrogens with one attached hydrogen (secondary N) is 1. The fraction of sp³-hybridized carbons (Fsp3) is 0.125. The van der Waals surface area contributed by atoms with Gasteiger partial charge in [-0.05, 0) is 30.3 Å². The van der Waals surface area contributed by atoms with E-state index < -0.39 is 10.4 Å². The first-order valence-corrected chi connectivity index (χ1v) is 9.08. The highest BCUT2D eigenvalue weighted by Gasteiger charge is 2.24. The highest BCUT2D eigenvalue weighted by molar-refractivity contribution is 7.79. The number of aliphatic imine (C=N–C) groups is 1. The summed E-state index contributed by atoms with van der Waals surface area (Å²) < 4.78 is 32.5. The molecule has 0 bridgehead atoms. The molecule has 138 valence electrons. The lowest BCUT2D eigenvalue weighted by atomic mass is 10.0. The van der Waals surface area contributed by atoms with Crippen LogP contribution in [0.1, 0.15) is 11.1 Å². The second-order valence-electron chi connectivity index (χ2n) is 5.17. The summed E-state index contributed by atoms with van der Waals surface area (Å²) in [5.74, 6) is 0.625. The normalized spacial score (nSPS) is 13.8. The van der Waals surface area contributed by atoms with Crippen LogP contribution in [0.5, 0.6) is 0 Å². The second kappa shape index (κ2) is 8.28. The summed E-state index contributed by atoms with van der Waals surface area (Å²) in [6.07, 6.45) is 0. The summed E-state index contributed by atoms with van der Waals surface area (Å²) in [4.78, 5) is 4.51. The smallest absolute Gasteiger partial charge is 0.394 e.